The smallest absolute Gasteiger partial charge is 0.342 e. The van der Waals surface area contributed by atoms with Crippen molar-refractivity contribution in [3.05, 3.63) is 29.8 Å². The Balaban J connectivity index is 2.83. The van der Waals surface area contributed by atoms with Gasteiger partial charge in [-0.15, -0.1) is 0 Å². The molecule has 4 nitrogen and oxygen atoms in total. The van der Waals surface area contributed by atoms with Crippen LogP contribution in [0.3, 0.4) is 0 Å². The van der Waals surface area contributed by atoms with Crippen molar-refractivity contribution in [2.45, 2.75) is 19.4 Å². The highest BCUT2D eigenvalue weighted by atomic mass is 16.6. The second-order valence-corrected chi connectivity index (χ2v) is 3.59. The number of nitriles is 1. The summed E-state index contributed by atoms with van der Waals surface area (Å²) in [6, 6.07) is 8.11. The number of aliphatic hydroxyl groups is 1. The first kappa shape index (κ1) is 11.2. The van der Waals surface area contributed by atoms with Gasteiger partial charge in [-0.1, -0.05) is 6.07 Å². The highest BCUT2D eigenvalue weighted by molar-refractivity contribution is 5.80. The first-order chi connectivity index (χ1) is 6.93. The van der Waals surface area contributed by atoms with Gasteiger partial charge in [-0.2, -0.15) is 5.26 Å². The Morgan fingerprint density at radius 3 is 2.73 bits per heavy atom. The summed E-state index contributed by atoms with van der Waals surface area (Å²) in [7, 11) is 0. The zero-order valence-corrected chi connectivity index (χ0v) is 8.52. The van der Waals surface area contributed by atoms with Crippen LogP contribution in [0.1, 0.15) is 19.4 Å². The lowest BCUT2D eigenvalue weighted by Gasteiger charge is -2.15. The molecule has 0 aromatic heterocycles. The Labute approximate surface area is 87.7 Å². The van der Waals surface area contributed by atoms with E-state index < -0.39 is 11.6 Å². The molecule has 0 radical (unpaired) electrons. The molecule has 0 aliphatic rings. The van der Waals surface area contributed by atoms with Crippen LogP contribution in [0.4, 0.5) is 0 Å². The maximum Gasteiger partial charge on any atom is 0.342 e. The van der Waals surface area contributed by atoms with Crippen molar-refractivity contribution in [2.75, 3.05) is 0 Å². The Morgan fingerprint density at radius 2 is 2.20 bits per heavy atom. The number of carbonyl (C=O) groups is 1. The molecular formula is C11H11NO3. The van der Waals surface area contributed by atoms with Crippen LogP contribution in [0.15, 0.2) is 24.3 Å². The lowest BCUT2D eigenvalue weighted by Crippen LogP contribution is -2.35. The van der Waals surface area contributed by atoms with Crippen molar-refractivity contribution in [1.82, 2.24) is 0 Å². The van der Waals surface area contributed by atoms with Crippen LogP contribution in [0.2, 0.25) is 0 Å². The number of rotatable bonds is 2. The molecule has 0 fully saturated rings. The Bertz CT molecular complexity index is 413. The van der Waals surface area contributed by atoms with Crippen LogP contribution in [0.5, 0.6) is 5.75 Å². The van der Waals surface area contributed by atoms with Gasteiger partial charge < -0.3 is 9.84 Å². The molecule has 0 saturated carbocycles. The molecule has 1 rings (SSSR count). The van der Waals surface area contributed by atoms with Crippen LogP contribution in [0.25, 0.3) is 0 Å². The number of hydrogen-bond donors (Lipinski definition) is 1. The largest absolute Gasteiger partial charge is 0.424 e. The molecule has 0 heterocycles. The van der Waals surface area contributed by atoms with Gasteiger partial charge >= 0.3 is 5.97 Å². The number of ether oxygens (including phenoxy) is 1. The molecule has 1 N–H and O–H groups in total. The van der Waals surface area contributed by atoms with Gasteiger partial charge in [0.05, 0.1) is 11.6 Å². The van der Waals surface area contributed by atoms with Crippen LogP contribution in [-0.2, 0) is 4.79 Å². The molecule has 0 unspecified atom stereocenters. The van der Waals surface area contributed by atoms with Crippen molar-refractivity contribution < 1.29 is 14.6 Å². The maximum absolute atomic E-state index is 11.3. The molecule has 78 valence electrons. The van der Waals surface area contributed by atoms with E-state index in [0.717, 1.165) is 0 Å². The van der Waals surface area contributed by atoms with Gasteiger partial charge in [-0.3, -0.25) is 0 Å². The van der Waals surface area contributed by atoms with E-state index in [-0.39, 0.29) is 5.75 Å². The summed E-state index contributed by atoms with van der Waals surface area (Å²) in [5, 5.41) is 18.0. The third-order valence-electron chi connectivity index (χ3n) is 1.67. The number of esters is 1. The number of carbonyl (C=O) groups excluding carboxylic acids is 1. The van der Waals surface area contributed by atoms with Gasteiger partial charge in [0.2, 0.25) is 0 Å². The molecule has 15 heavy (non-hydrogen) atoms. The van der Waals surface area contributed by atoms with Gasteiger partial charge in [-0.25, -0.2) is 4.79 Å². The second kappa shape index (κ2) is 4.11. The number of hydrogen-bond acceptors (Lipinski definition) is 4. The summed E-state index contributed by atoms with van der Waals surface area (Å²) in [6.07, 6.45) is 0. The predicted molar refractivity (Wildman–Crippen MR) is 53.1 cm³/mol. The first-order valence-corrected chi connectivity index (χ1v) is 4.38. The van der Waals surface area contributed by atoms with Crippen molar-refractivity contribution in [3.63, 3.8) is 0 Å². The number of benzene rings is 1. The summed E-state index contributed by atoms with van der Waals surface area (Å²) in [6.45, 7) is 2.67. The molecule has 1 aromatic carbocycles. The van der Waals surface area contributed by atoms with E-state index in [1.54, 1.807) is 18.2 Å². The molecule has 1 aromatic rings. The predicted octanol–water partition coefficient (Wildman–Crippen LogP) is 1.23. The van der Waals surface area contributed by atoms with Crippen LogP contribution < -0.4 is 4.74 Å². The normalized spacial score (nSPS) is 10.5. The van der Waals surface area contributed by atoms with E-state index in [2.05, 4.69) is 0 Å². The van der Waals surface area contributed by atoms with Crippen LogP contribution in [-0.4, -0.2) is 16.7 Å². The fraction of sp³-hybridized carbons (Fsp3) is 0.273. The average molecular weight is 205 g/mol. The third-order valence-corrected chi connectivity index (χ3v) is 1.67. The van der Waals surface area contributed by atoms with E-state index in [4.69, 9.17) is 10.00 Å². The Kier molecular flexibility index (Phi) is 3.08. The van der Waals surface area contributed by atoms with Crippen molar-refractivity contribution >= 4 is 5.97 Å². The molecule has 0 atom stereocenters. The summed E-state index contributed by atoms with van der Waals surface area (Å²) in [5.41, 5.74) is -1.14. The molecule has 0 saturated heterocycles. The molecule has 4 heteroatoms. The molecule has 0 aliphatic carbocycles. The van der Waals surface area contributed by atoms with Crippen molar-refractivity contribution in [3.8, 4) is 11.8 Å². The SMILES string of the molecule is CC(C)(O)C(=O)Oc1cccc(C#N)c1. The Hall–Kier alpha value is -1.86. The van der Waals surface area contributed by atoms with Crippen LogP contribution >= 0.6 is 0 Å². The fourth-order valence-electron chi connectivity index (χ4n) is 0.861. The van der Waals surface area contributed by atoms with E-state index in [9.17, 15) is 9.90 Å². The average Bonchev–Trinajstić information content (AvgIpc) is 2.16. The van der Waals surface area contributed by atoms with E-state index in [0.29, 0.717) is 5.56 Å². The third kappa shape index (κ3) is 3.08. The van der Waals surface area contributed by atoms with Gasteiger partial charge in [0.25, 0.3) is 0 Å². The summed E-state index contributed by atoms with van der Waals surface area (Å²) in [5.74, 6) is -0.501. The standard InChI is InChI=1S/C11H11NO3/c1-11(2,14)10(13)15-9-5-3-4-8(6-9)7-12/h3-6,14H,1-2H3. The Morgan fingerprint density at radius 1 is 1.53 bits per heavy atom. The zero-order valence-electron chi connectivity index (χ0n) is 8.52. The number of nitrogens with zero attached hydrogens (tertiary/aromatic N) is 1. The highest BCUT2D eigenvalue weighted by Gasteiger charge is 2.26. The van der Waals surface area contributed by atoms with Gasteiger partial charge in [0.15, 0.2) is 5.60 Å². The van der Waals surface area contributed by atoms with Gasteiger partial charge in [0.1, 0.15) is 5.75 Å². The highest BCUT2D eigenvalue weighted by Crippen LogP contribution is 2.15. The monoisotopic (exact) mass is 205 g/mol. The molecule has 0 aliphatic heterocycles. The summed E-state index contributed by atoms with van der Waals surface area (Å²) >= 11 is 0. The molecule has 0 spiro atoms. The minimum Gasteiger partial charge on any atom is -0.424 e. The summed E-state index contributed by atoms with van der Waals surface area (Å²) in [4.78, 5) is 11.3. The van der Waals surface area contributed by atoms with Crippen molar-refractivity contribution in [2.24, 2.45) is 0 Å². The minimum atomic E-state index is -1.54. The van der Waals surface area contributed by atoms with E-state index >= 15 is 0 Å². The molecule has 0 amide bonds. The fourth-order valence-corrected chi connectivity index (χ4v) is 0.861. The molecule has 0 bridgehead atoms. The maximum atomic E-state index is 11.3. The first-order valence-electron chi connectivity index (χ1n) is 4.38. The van der Waals surface area contributed by atoms with E-state index in [1.807, 2.05) is 6.07 Å². The van der Waals surface area contributed by atoms with Crippen LogP contribution in [0, 0.1) is 11.3 Å². The van der Waals surface area contributed by atoms with Gasteiger partial charge in [-0.05, 0) is 32.0 Å². The quantitative estimate of drug-likeness (QED) is 0.582. The lowest BCUT2D eigenvalue weighted by atomic mass is 10.1. The molecular weight excluding hydrogens is 194 g/mol. The summed E-state index contributed by atoms with van der Waals surface area (Å²) < 4.78 is 4.88. The van der Waals surface area contributed by atoms with Crippen molar-refractivity contribution in [1.29, 1.82) is 5.26 Å². The second-order valence-electron chi connectivity index (χ2n) is 3.59. The lowest BCUT2D eigenvalue weighted by molar-refractivity contribution is -0.151. The van der Waals surface area contributed by atoms with Gasteiger partial charge in [0, 0.05) is 0 Å². The zero-order chi connectivity index (χ0) is 11.5. The minimum absolute atomic E-state index is 0.251. The topological polar surface area (TPSA) is 70.3 Å². The van der Waals surface area contributed by atoms with E-state index in [1.165, 1.54) is 19.9 Å².